The quantitative estimate of drug-likeness (QED) is 0.376. The average Bonchev–Trinajstić information content (AvgIpc) is 3.12. The maximum Gasteiger partial charge on any atom is 0.337 e. The number of esters is 1. The first-order chi connectivity index (χ1) is 13.1. The van der Waals surface area contributed by atoms with Gasteiger partial charge >= 0.3 is 5.97 Å². The number of methoxy groups -OCH3 is 1. The molecule has 0 saturated carbocycles. The van der Waals surface area contributed by atoms with Gasteiger partial charge in [-0.2, -0.15) is 5.10 Å². The molecule has 0 bridgehead atoms. The predicted molar refractivity (Wildman–Crippen MR) is 107 cm³/mol. The number of carbonyl (C=O) groups excluding carboxylic acids is 1. The van der Waals surface area contributed by atoms with Crippen molar-refractivity contribution in [1.82, 2.24) is 4.98 Å². The van der Waals surface area contributed by atoms with Gasteiger partial charge in [-0.15, -0.1) is 11.3 Å². The van der Waals surface area contributed by atoms with Crippen LogP contribution in [0.25, 0.3) is 0 Å². The third kappa shape index (κ3) is 5.39. The van der Waals surface area contributed by atoms with Gasteiger partial charge in [-0.25, -0.2) is 9.78 Å². The summed E-state index contributed by atoms with van der Waals surface area (Å²) in [6, 6.07) is 14.8. The lowest BCUT2D eigenvalue weighted by Gasteiger charge is -2.07. The maximum atomic E-state index is 11.6. The molecule has 27 heavy (non-hydrogen) atoms. The van der Waals surface area contributed by atoms with Crippen LogP contribution in [0.1, 0.15) is 27.2 Å². The molecule has 0 amide bonds. The topological polar surface area (TPSA) is 72.8 Å². The summed E-state index contributed by atoms with van der Waals surface area (Å²) in [5.74, 6) is 0.376. The van der Waals surface area contributed by atoms with Crippen molar-refractivity contribution < 1.29 is 14.3 Å². The van der Waals surface area contributed by atoms with E-state index in [-0.39, 0.29) is 5.97 Å². The third-order valence-corrected chi connectivity index (χ3v) is 4.49. The van der Waals surface area contributed by atoms with E-state index in [4.69, 9.17) is 9.47 Å². The molecular formula is C20H19N3O3S. The molecule has 0 fully saturated rings. The van der Waals surface area contributed by atoms with Crippen LogP contribution in [-0.2, 0) is 11.3 Å². The lowest BCUT2D eigenvalue weighted by Crippen LogP contribution is -2.03. The molecule has 1 N–H and O–H groups in total. The Kier molecular flexibility index (Phi) is 6.17. The van der Waals surface area contributed by atoms with Gasteiger partial charge < -0.3 is 9.47 Å². The molecule has 0 aliphatic carbocycles. The number of hydrazone groups is 1. The number of anilines is 1. The number of rotatable bonds is 7. The van der Waals surface area contributed by atoms with Crippen molar-refractivity contribution in [3.63, 3.8) is 0 Å². The second-order valence-corrected chi connectivity index (χ2v) is 6.57. The first kappa shape index (κ1) is 18.6. The Balaban J connectivity index is 1.54. The molecule has 0 spiro atoms. The summed E-state index contributed by atoms with van der Waals surface area (Å²) in [6.07, 6.45) is 1.72. The molecule has 0 aliphatic heterocycles. The SMILES string of the molecule is COC(=O)c1cccc(COc2ccc(C=NNc3nc(C)cs3)cc2)c1. The number of ether oxygens (including phenoxy) is 2. The van der Waals surface area contributed by atoms with Crippen molar-refractivity contribution in [2.24, 2.45) is 5.10 Å². The van der Waals surface area contributed by atoms with Crippen LogP contribution in [0.15, 0.2) is 59.0 Å². The molecule has 0 saturated heterocycles. The van der Waals surface area contributed by atoms with E-state index < -0.39 is 0 Å². The number of nitrogens with one attached hydrogen (secondary N) is 1. The highest BCUT2D eigenvalue weighted by Crippen LogP contribution is 2.16. The summed E-state index contributed by atoms with van der Waals surface area (Å²) in [4.78, 5) is 15.8. The zero-order chi connectivity index (χ0) is 19.1. The second-order valence-electron chi connectivity index (χ2n) is 5.71. The molecule has 1 aromatic heterocycles. The van der Waals surface area contributed by atoms with Crippen LogP contribution in [-0.4, -0.2) is 24.3 Å². The van der Waals surface area contributed by atoms with Crippen LogP contribution < -0.4 is 10.2 Å². The van der Waals surface area contributed by atoms with E-state index in [0.29, 0.717) is 12.2 Å². The lowest BCUT2D eigenvalue weighted by molar-refractivity contribution is 0.0600. The molecular weight excluding hydrogens is 362 g/mol. The Bertz CT molecular complexity index is 936. The Hall–Kier alpha value is -3.19. The molecule has 1 heterocycles. The highest BCUT2D eigenvalue weighted by Gasteiger charge is 2.06. The lowest BCUT2D eigenvalue weighted by atomic mass is 10.1. The van der Waals surface area contributed by atoms with Crippen molar-refractivity contribution in [2.75, 3.05) is 12.5 Å². The standard InChI is InChI=1S/C20H19N3O3S/c1-14-13-27-20(22-14)23-21-11-15-6-8-18(9-7-15)26-12-16-4-3-5-17(10-16)19(24)25-2/h3-11,13H,12H2,1-2H3,(H,22,23). The fourth-order valence-corrected chi connectivity index (χ4v) is 2.93. The van der Waals surface area contributed by atoms with Crippen molar-refractivity contribution in [3.8, 4) is 5.75 Å². The molecule has 0 aliphatic rings. The van der Waals surface area contributed by atoms with Crippen LogP contribution >= 0.6 is 11.3 Å². The molecule has 7 heteroatoms. The number of benzene rings is 2. The monoisotopic (exact) mass is 381 g/mol. The molecule has 0 atom stereocenters. The van der Waals surface area contributed by atoms with Gasteiger partial charge in [0.15, 0.2) is 0 Å². The van der Waals surface area contributed by atoms with Crippen molar-refractivity contribution in [2.45, 2.75) is 13.5 Å². The molecule has 138 valence electrons. The summed E-state index contributed by atoms with van der Waals surface area (Å²) in [7, 11) is 1.36. The van der Waals surface area contributed by atoms with Crippen LogP contribution in [0.3, 0.4) is 0 Å². The summed E-state index contributed by atoms with van der Waals surface area (Å²) in [6.45, 7) is 2.30. The van der Waals surface area contributed by atoms with E-state index in [9.17, 15) is 4.79 Å². The van der Waals surface area contributed by atoms with Gasteiger partial charge in [0.1, 0.15) is 12.4 Å². The van der Waals surface area contributed by atoms with Crippen LogP contribution in [0.2, 0.25) is 0 Å². The molecule has 0 radical (unpaired) electrons. The van der Waals surface area contributed by atoms with Crippen molar-refractivity contribution in [3.05, 3.63) is 76.3 Å². The summed E-state index contributed by atoms with van der Waals surface area (Å²) in [5, 5.41) is 6.90. The zero-order valence-electron chi connectivity index (χ0n) is 15.0. The Morgan fingerprint density at radius 2 is 2.07 bits per heavy atom. The minimum absolute atomic E-state index is 0.359. The van der Waals surface area contributed by atoms with Gasteiger partial charge in [0.2, 0.25) is 5.13 Å². The average molecular weight is 381 g/mol. The largest absolute Gasteiger partial charge is 0.489 e. The van der Waals surface area contributed by atoms with E-state index in [1.165, 1.54) is 18.4 Å². The Morgan fingerprint density at radius 3 is 2.78 bits per heavy atom. The highest BCUT2D eigenvalue weighted by molar-refractivity contribution is 7.13. The number of hydrogen-bond acceptors (Lipinski definition) is 7. The summed E-state index contributed by atoms with van der Waals surface area (Å²) >= 11 is 1.51. The van der Waals surface area contributed by atoms with Gasteiger partial charge in [0.05, 0.1) is 24.6 Å². The molecule has 3 aromatic rings. The number of carbonyl (C=O) groups is 1. The van der Waals surface area contributed by atoms with Crippen molar-refractivity contribution in [1.29, 1.82) is 0 Å². The maximum absolute atomic E-state index is 11.6. The number of hydrogen-bond donors (Lipinski definition) is 1. The second kappa shape index (κ2) is 8.95. The highest BCUT2D eigenvalue weighted by atomic mass is 32.1. The Morgan fingerprint density at radius 1 is 1.26 bits per heavy atom. The minimum Gasteiger partial charge on any atom is -0.489 e. The van der Waals surface area contributed by atoms with E-state index >= 15 is 0 Å². The normalized spacial score (nSPS) is 10.7. The number of aryl methyl sites for hydroxylation is 1. The van der Waals surface area contributed by atoms with Gasteiger partial charge in [-0.05, 0) is 54.4 Å². The van der Waals surface area contributed by atoms with Crippen LogP contribution in [0, 0.1) is 6.92 Å². The Labute approximate surface area is 161 Å². The number of thiazole rings is 1. The zero-order valence-corrected chi connectivity index (χ0v) is 15.8. The van der Waals surface area contributed by atoms with E-state index in [2.05, 4.69) is 15.5 Å². The van der Waals surface area contributed by atoms with Crippen LogP contribution in [0.5, 0.6) is 5.75 Å². The smallest absolute Gasteiger partial charge is 0.337 e. The summed E-state index contributed by atoms with van der Waals surface area (Å²) in [5.41, 5.74) is 6.21. The van der Waals surface area contributed by atoms with E-state index in [0.717, 1.165) is 27.7 Å². The number of nitrogens with zero attached hydrogens (tertiary/aromatic N) is 2. The third-order valence-electron chi connectivity index (χ3n) is 3.63. The molecule has 0 unspecified atom stereocenters. The summed E-state index contributed by atoms with van der Waals surface area (Å²) < 4.78 is 10.5. The number of aromatic nitrogens is 1. The fraction of sp³-hybridized carbons (Fsp3) is 0.150. The van der Waals surface area contributed by atoms with Gasteiger partial charge in [-0.3, -0.25) is 5.43 Å². The predicted octanol–water partition coefficient (Wildman–Crippen LogP) is 4.26. The fourth-order valence-electron chi connectivity index (χ4n) is 2.29. The molecule has 2 aromatic carbocycles. The van der Waals surface area contributed by atoms with Crippen LogP contribution in [0.4, 0.5) is 5.13 Å². The van der Waals surface area contributed by atoms with E-state index in [1.807, 2.05) is 42.6 Å². The first-order valence-electron chi connectivity index (χ1n) is 8.25. The molecule has 3 rings (SSSR count). The molecule has 6 nitrogen and oxygen atoms in total. The van der Waals surface area contributed by atoms with Crippen molar-refractivity contribution >= 4 is 28.7 Å². The van der Waals surface area contributed by atoms with E-state index in [1.54, 1.807) is 24.4 Å². The first-order valence-corrected chi connectivity index (χ1v) is 9.13. The van der Waals surface area contributed by atoms with Gasteiger partial charge in [0, 0.05) is 5.38 Å². The van der Waals surface area contributed by atoms with Gasteiger partial charge in [0.25, 0.3) is 0 Å². The minimum atomic E-state index is -0.359. The van der Waals surface area contributed by atoms with Gasteiger partial charge in [-0.1, -0.05) is 12.1 Å².